The van der Waals surface area contributed by atoms with E-state index in [2.05, 4.69) is 34.5 Å². The lowest BCUT2D eigenvalue weighted by Crippen LogP contribution is -2.32. The summed E-state index contributed by atoms with van der Waals surface area (Å²) in [6.07, 6.45) is 0.988. The molecule has 0 atom stereocenters. The van der Waals surface area contributed by atoms with Crippen LogP contribution >= 0.6 is 0 Å². The number of ether oxygens (including phenoxy) is 1. The number of aryl methyl sites for hydroxylation is 1. The Hall–Kier alpha value is -3.19. The Labute approximate surface area is 170 Å². The van der Waals surface area contributed by atoms with E-state index in [0.717, 1.165) is 23.4 Å². The predicted molar refractivity (Wildman–Crippen MR) is 112 cm³/mol. The summed E-state index contributed by atoms with van der Waals surface area (Å²) in [5, 5.41) is 6.95. The van der Waals surface area contributed by atoms with Gasteiger partial charge in [0.1, 0.15) is 5.75 Å². The monoisotopic (exact) mass is 394 g/mol. The van der Waals surface area contributed by atoms with Crippen molar-refractivity contribution in [2.45, 2.75) is 26.8 Å². The van der Waals surface area contributed by atoms with Crippen LogP contribution in [0.4, 0.5) is 5.69 Å². The molecular formula is C22H26N4O3. The van der Waals surface area contributed by atoms with Crippen LogP contribution in [0.1, 0.15) is 25.3 Å². The zero-order valence-electron chi connectivity index (χ0n) is 17.0. The molecule has 0 unspecified atom stereocenters. The number of methoxy groups -OCH3 is 1. The van der Waals surface area contributed by atoms with Gasteiger partial charge >= 0.3 is 0 Å². The van der Waals surface area contributed by atoms with Gasteiger partial charge < -0.3 is 14.6 Å². The third-order valence-corrected chi connectivity index (χ3v) is 4.64. The molecule has 0 saturated heterocycles. The third-order valence-electron chi connectivity index (χ3n) is 4.64. The molecule has 7 heteroatoms. The summed E-state index contributed by atoms with van der Waals surface area (Å²) in [6, 6.07) is 15.3. The molecule has 0 fully saturated rings. The van der Waals surface area contributed by atoms with Gasteiger partial charge in [0.15, 0.2) is 0 Å². The zero-order chi connectivity index (χ0) is 20.6. The second kappa shape index (κ2) is 9.84. The number of aromatic nitrogens is 2. The molecule has 3 rings (SSSR count). The minimum absolute atomic E-state index is 0.105. The quantitative estimate of drug-likeness (QED) is 0.595. The number of hydrogen-bond acceptors (Lipinski definition) is 6. The van der Waals surface area contributed by atoms with E-state index in [1.54, 1.807) is 31.4 Å². The molecule has 2 aromatic carbocycles. The number of carbonyl (C=O) groups is 1. The maximum absolute atomic E-state index is 12.4. The molecule has 1 aromatic heterocycles. The summed E-state index contributed by atoms with van der Waals surface area (Å²) >= 11 is 0. The average molecular weight is 394 g/mol. The number of likely N-dealkylation sites (N-methyl/N-ethyl adjacent to an activating group) is 1. The minimum Gasteiger partial charge on any atom is -0.497 e. The maximum atomic E-state index is 12.4. The fraction of sp³-hybridized carbons (Fsp3) is 0.318. The predicted octanol–water partition coefficient (Wildman–Crippen LogP) is 3.77. The Kier molecular flexibility index (Phi) is 6.97. The highest BCUT2D eigenvalue weighted by atomic mass is 16.5. The first-order chi connectivity index (χ1) is 14.1. The van der Waals surface area contributed by atoms with Gasteiger partial charge in [0.2, 0.25) is 17.6 Å². The zero-order valence-corrected chi connectivity index (χ0v) is 17.0. The number of nitrogens with one attached hydrogen (secondary N) is 1. The second-order valence-electron chi connectivity index (χ2n) is 6.64. The lowest BCUT2D eigenvalue weighted by molar-refractivity contribution is -0.117. The van der Waals surface area contributed by atoms with Crippen LogP contribution in [0.25, 0.3) is 11.4 Å². The lowest BCUT2D eigenvalue weighted by Gasteiger charge is -2.17. The molecule has 0 bridgehead atoms. The number of nitrogens with zero attached hydrogens (tertiary/aromatic N) is 3. The molecule has 0 aliphatic carbocycles. The molecule has 0 spiro atoms. The molecule has 0 aliphatic rings. The summed E-state index contributed by atoms with van der Waals surface area (Å²) < 4.78 is 10.5. The highest BCUT2D eigenvalue weighted by Crippen LogP contribution is 2.18. The van der Waals surface area contributed by atoms with Crippen LogP contribution in [0.5, 0.6) is 5.75 Å². The number of carbonyl (C=O) groups excluding carboxylic acids is 1. The number of rotatable bonds is 9. The Morgan fingerprint density at radius 2 is 1.83 bits per heavy atom. The molecule has 0 saturated carbocycles. The molecule has 0 aliphatic heterocycles. The van der Waals surface area contributed by atoms with Crippen molar-refractivity contribution in [2.75, 3.05) is 25.5 Å². The fourth-order valence-corrected chi connectivity index (χ4v) is 2.87. The van der Waals surface area contributed by atoms with Gasteiger partial charge in [-0.15, -0.1) is 0 Å². The van der Waals surface area contributed by atoms with Gasteiger partial charge in [0.25, 0.3) is 0 Å². The van der Waals surface area contributed by atoms with Crippen LogP contribution < -0.4 is 10.1 Å². The van der Waals surface area contributed by atoms with Crippen molar-refractivity contribution < 1.29 is 14.1 Å². The van der Waals surface area contributed by atoms with Crippen LogP contribution in [-0.2, 0) is 17.8 Å². The number of amides is 1. The third kappa shape index (κ3) is 5.65. The number of anilines is 1. The van der Waals surface area contributed by atoms with Crippen molar-refractivity contribution in [1.82, 2.24) is 15.0 Å². The molecule has 7 nitrogen and oxygen atoms in total. The van der Waals surface area contributed by atoms with Crippen molar-refractivity contribution in [1.29, 1.82) is 0 Å². The van der Waals surface area contributed by atoms with Gasteiger partial charge in [-0.05, 0) is 42.8 Å². The van der Waals surface area contributed by atoms with E-state index in [1.165, 1.54) is 5.56 Å². The molecule has 3 aromatic rings. The van der Waals surface area contributed by atoms with Crippen molar-refractivity contribution >= 4 is 11.6 Å². The highest BCUT2D eigenvalue weighted by molar-refractivity contribution is 5.92. The van der Waals surface area contributed by atoms with Crippen LogP contribution in [-0.4, -0.2) is 41.1 Å². The fourth-order valence-electron chi connectivity index (χ4n) is 2.87. The van der Waals surface area contributed by atoms with Crippen LogP contribution in [0.3, 0.4) is 0 Å². The highest BCUT2D eigenvalue weighted by Gasteiger charge is 2.15. The smallest absolute Gasteiger partial charge is 0.241 e. The van der Waals surface area contributed by atoms with Crippen LogP contribution in [0.15, 0.2) is 53.1 Å². The Balaban J connectivity index is 1.57. The Bertz CT molecular complexity index is 920. The van der Waals surface area contributed by atoms with Gasteiger partial charge in [-0.3, -0.25) is 9.69 Å². The van der Waals surface area contributed by atoms with E-state index in [4.69, 9.17) is 9.26 Å². The summed E-state index contributed by atoms with van der Waals surface area (Å²) in [7, 11) is 1.61. The average Bonchev–Trinajstić information content (AvgIpc) is 3.22. The van der Waals surface area contributed by atoms with Gasteiger partial charge in [-0.1, -0.05) is 43.3 Å². The Morgan fingerprint density at radius 1 is 1.10 bits per heavy atom. The summed E-state index contributed by atoms with van der Waals surface area (Å²) in [4.78, 5) is 18.8. The molecule has 0 radical (unpaired) electrons. The minimum atomic E-state index is -0.105. The summed E-state index contributed by atoms with van der Waals surface area (Å²) in [5.74, 6) is 1.68. The number of hydrogen-bond donors (Lipinski definition) is 1. The molecule has 152 valence electrons. The van der Waals surface area contributed by atoms with Crippen LogP contribution in [0.2, 0.25) is 0 Å². The molecular weight excluding hydrogens is 368 g/mol. The number of benzene rings is 2. The molecule has 1 heterocycles. The van der Waals surface area contributed by atoms with E-state index in [9.17, 15) is 4.79 Å². The van der Waals surface area contributed by atoms with Crippen LogP contribution in [0, 0.1) is 0 Å². The standard InChI is InChI=1S/C22H26N4O3/c1-4-16-6-8-17(9-7-16)22-24-21(29-25-22)15-26(5-2)14-20(27)23-18-10-12-19(28-3)13-11-18/h6-13H,4-5,14-15H2,1-3H3,(H,23,27). The van der Waals surface area contributed by atoms with Gasteiger partial charge in [0.05, 0.1) is 20.2 Å². The van der Waals surface area contributed by atoms with Crippen molar-refractivity contribution in [2.24, 2.45) is 0 Å². The normalized spacial score (nSPS) is 10.9. The van der Waals surface area contributed by atoms with Gasteiger partial charge in [0, 0.05) is 11.3 Å². The van der Waals surface area contributed by atoms with Crippen molar-refractivity contribution in [3.05, 3.63) is 60.0 Å². The SMILES string of the molecule is CCc1ccc(-c2noc(CN(CC)CC(=O)Nc3ccc(OC)cc3)n2)cc1. The first kappa shape index (κ1) is 20.5. The van der Waals surface area contributed by atoms with Crippen molar-refractivity contribution in [3.8, 4) is 17.1 Å². The first-order valence-electron chi connectivity index (χ1n) is 9.69. The lowest BCUT2D eigenvalue weighted by atomic mass is 10.1. The maximum Gasteiger partial charge on any atom is 0.241 e. The Morgan fingerprint density at radius 3 is 2.45 bits per heavy atom. The van der Waals surface area contributed by atoms with E-state index in [1.807, 2.05) is 24.0 Å². The van der Waals surface area contributed by atoms with Crippen molar-refractivity contribution in [3.63, 3.8) is 0 Å². The second-order valence-corrected chi connectivity index (χ2v) is 6.64. The molecule has 1 N–H and O–H groups in total. The van der Waals surface area contributed by atoms with E-state index in [-0.39, 0.29) is 12.5 Å². The topological polar surface area (TPSA) is 80.5 Å². The largest absolute Gasteiger partial charge is 0.497 e. The summed E-state index contributed by atoms with van der Waals surface area (Å²) in [5.41, 5.74) is 2.90. The van der Waals surface area contributed by atoms with Gasteiger partial charge in [-0.2, -0.15) is 4.98 Å². The van der Waals surface area contributed by atoms with E-state index >= 15 is 0 Å². The first-order valence-corrected chi connectivity index (χ1v) is 9.69. The summed E-state index contributed by atoms with van der Waals surface area (Å²) in [6.45, 7) is 5.42. The van der Waals surface area contributed by atoms with Gasteiger partial charge in [-0.25, -0.2) is 0 Å². The molecule has 1 amide bonds. The van der Waals surface area contributed by atoms with E-state index in [0.29, 0.717) is 24.8 Å². The van der Waals surface area contributed by atoms with E-state index < -0.39 is 0 Å². The molecule has 29 heavy (non-hydrogen) atoms.